The van der Waals surface area contributed by atoms with Crippen molar-refractivity contribution in [2.75, 3.05) is 0 Å². The van der Waals surface area contributed by atoms with Crippen molar-refractivity contribution in [3.8, 4) is 0 Å². The smallest absolute Gasteiger partial charge is 0.0209 e. The minimum atomic E-state index is 0.300. The SMILES string of the molecule is c1ccc2c(c1)C1(CCCCC1)c1ccccc1C21CCCCC1. The predicted octanol–water partition coefficient (Wildman–Crippen LogP) is 6.50. The molecule has 0 radical (unpaired) electrons. The van der Waals surface area contributed by atoms with E-state index in [4.69, 9.17) is 0 Å². The van der Waals surface area contributed by atoms with Crippen molar-refractivity contribution in [1.29, 1.82) is 0 Å². The van der Waals surface area contributed by atoms with Crippen LogP contribution in [0.15, 0.2) is 48.5 Å². The minimum Gasteiger partial charge on any atom is -0.0619 e. The van der Waals surface area contributed by atoms with Crippen molar-refractivity contribution < 1.29 is 0 Å². The highest BCUT2D eigenvalue weighted by Crippen LogP contribution is 2.59. The topological polar surface area (TPSA) is 0 Å². The molecule has 2 aromatic carbocycles. The quantitative estimate of drug-likeness (QED) is 0.520. The van der Waals surface area contributed by atoms with E-state index in [9.17, 15) is 0 Å². The van der Waals surface area contributed by atoms with Gasteiger partial charge in [0, 0.05) is 10.8 Å². The van der Waals surface area contributed by atoms with Gasteiger partial charge in [-0.2, -0.15) is 0 Å². The zero-order valence-corrected chi connectivity index (χ0v) is 14.7. The Kier molecular flexibility index (Phi) is 3.37. The van der Waals surface area contributed by atoms with Crippen LogP contribution in [0, 0.1) is 0 Å². The standard InChI is InChI=1S/C24H28/c1-7-15-23(16-8-1)19-11-3-5-13-21(19)24(17-9-2-10-18-24)22-14-6-4-12-20(22)23/h3-6,11-14H,1-2,7-10,15-18H2. The van der Waals surface area contributed by atoms with Crippen LogP contribution >= 0.6 is 0 Å². The first-order chi connectivity index (χ1) is 11.9. The van der Waals surface area contributed by atoms with E-state index in [1.807, 2.05) is 0 Å². The van der Waals surface area contributed by atoms with E-state index in [0.717, 1.165) is 0 Å². The molecule has 0 atom stereocenters. The molecule has 0 unspecified atom stereocenters. The Balaban J connectivity index is 1.82. The maximum Gasteiger partial charge on any atom is 0.0209 e. The van der Waals surface area contributed by atoms with Gasteiger partial charge in [-0.05, 0) is 47.9 Å². The van der Waals surface area contributed by atoms with Crippen LogP contribution in [0.3, 0.4) is 0 Å². The Hall–Kier alpha value is -1.56. The molecule has 5 rings (SSSR count). The Morgan fingerprint density at radius 2 is 0.708 bits per heavy atom. The van der Waals surface area contributed by atoms with Crippen LogP contribution < -0.4 is 0 Å². The third-order valence-electron chi connectivity index (χ3n) is 7.33. The molecule has 3 aliphatic carbocycles. The van der Waals surface area contributed by atoms with Crippen molar-refractivity contribution >= 4 is 0 Å². The molecule has 0 N–H and O–H groups in total. The lowest BCUT2D eigenvalue weighted by molar-refractivity contribution is 0.285. The first-order valence-corrected chi connectivity index (χ1v) is 10.1. The average molecular weight is 316 g/mol. The van der Waals surface area contributed by atoms with Crippen LogP contribution in [0.5, 0.6) is 0 Å². The normalized spacial score (nSPS) is 23.7. The molecule has 2 spiro atoms. The number of hydrogen-bond acceptors (Lipinski definition) is 0. The minimum absolute atomic E-state index is 0.300. The predicted molar refractivity (Wildman–Crippen MR) is 101 cm³/mol. The largest absolute Gasteiger partial charge is 0.0619 e. The molecule has 0 amide bonds. The third-order valence-corrected chi connectivity index (χ3v) is 7.33. The van der Waals surface area contributed by atoms with Gasteiger partial charge in [0.2, 0.25) is 0 Å². The molecule has 0 heterocycles. The summed E-state index contributed by atoms with van der Waals surface area (Å²) in [5, 5.41) is 0. The summed E-state index contributed by atoms with van der Waals surface area (Å²) in [5.41, 5.74) is 7.34. The van der Waals surface area contributed by atoms with Crippen LogP contribution in [0.1, 0.15) is 86.5 Å². The second-order valence-corrected chi connectivity index (χ2v) is 8.38. The van der Waals surface area contributed by atoms with E-state index < -0.39 is 0 Å². The van der Waals surface area contributed by atoms with E-state index in [0.29, 0.717) is 10.8 Å². The van der Waals surface area contributed by atoms with Gasteiger partial charge >= 0.3 is 0 Å². The molecule has 24 heavy (non-hydrogen) atoms. The van der Waals surface area contributed by atoms with Crippen LogP contribution in [-0.2, 0) is 10.8 Å². The molecule has 0 saturated heterocycles. The summed E-state index contributed by atoms with van der Waals surface area (Å²) in [5.74, 6) is 0. The average Bonchev–Trinajstić information content (AvgIpc) is 2.68. The van der Waals surface area contributed by atoms with Gasteiger partial charge in [-0.15, -0.1) is 0 Å². The molecule has 2 fully saturated rings. The van der Waals surface area contributed by atoms with Crippen molar-refractivity contribution in [3.05, 3.63) is 70.8 Å². The molecule has 124 valence electrons. The lowest BCUT2D eigenvalue weighted by Gasteiger charge is -2.52. The molecule has 0 heteroatoms. The number of rotatable bonds is 0. The molecule has 2 aromatic rings. The van der Waals surface area contributed by atoms with E-state index in [2.05, 4.69) is 48.5 Å². The Morgan fingerprint density at radius 3 is 1.00 bits per heavy atom. The summed E-state index contributed by atoms with van der Waals surface area (Å²) in [6.07, 6.45) is 13.7. The van der Waals surface area contributed by atoms with Crippen LogP contribution in [-0.4, -0.2) is 0 Å². The van der Waals surface area contributed by atoms with Gasteiger partial charge in [-0.3, -0.25) is 0 Å². The second kappa shape index (κ2) is 5.48. The first kappa shape index (κ1) is 14.8. The van der Waals surface area contributed by atoms with Gasteiger partial charge in [0.25, 0.3) is 0 Å². The van der Waals surface area contributed by atoms with Gasteiger partial charge in [0.1, 0.15) is 0 Å². The summed E-state index contributed by atoms with van der Waals surface area (Å²) >= 11 is 0. The lowest BCUT2D eigenvalue weighted by atomic mass is 9.51. The van der Waals surface area contributed by atoms with Gasteiger partial charge in [0.05, 0.1) is 0 Å². The van der Waals surface area contributed by atoms with Crippen molar-refractivity contribution in [3.63, 3.8) is 0 Å². The van der Waals surface area contributed by atoms with Gasteiger partial charge in [0.15, 0.2) is 0 Å². The fourth-order valence-electron chi connectivity index (χ4n) is 6.31. The van der Waals surface area contributed by atoms with E-state index in [1.54, 1.807) is 22.3 Å². The van der Waals surface area contributed by atoms with E-state index >= 15 is 0 Å². The summed E-state index contributed by atoms with van der Waals surface area (Å²) in [4.78, 5) is 0. The van der Waals surface area contributed by atoms with Crippen molar-refractivity contribution in [2.24, 2.45) is 0 Å². The molecule has 2 saturated carbocycles. The summed E-state index contributed by atoms with van der Waals surface area (Å²) in [6, 6.07) is 19.1. The van der Waals surface area contributed by atoms with Gasteiger partial charge in [-0.1, -0.05) is 87.1 Å². The fraction of sp³-hybridized carbons (Fsp3) is 0.500. The second-order valence-electron chi connectivity index (χ2n) is 8.38. The molecule has 0 aromatic heterocycles. The van der Waals surface area contributed by atoms with Gasteiger partial charge in [-0.25, -0.2) is 0 Å². The lowest BCUT2D eigenvalue weighted by Crippen LogP contribution is -2.44. The van der Waals surface area contributed by atoms with E-state index in [-0.39, 0.29) is 0 Å². The summed E-state index contributed by atoms with van der Waals surface area (Å²) < 4.78 is 0. The molecular formula is C24H28. The van der Waals surface area contributed by atoms with Crippen LogP contribution in [0.4, 0.5) is 0 Å². The highest BCUT2D eigenvalue weighted by molar-refractivity contribution is 5.60. The van der Waals surface area contributed by atoms with Gasteiger partial charge < -0.3 is 0 Å². The molecular weight excluding hydrogens is 288 g/mol. The zero-order chi connectivity index (χ0) is 16.0. The first-order valence-electron chi connectivity index (χ1n) is 10.1. The van der Waals surface area contributed by atoms with Crippen LogP contribution in [0.25, 0.3) is 0 Å². The highest BCUT2D eigenvalue weighted by atomic mass is 14.5. The molecule has 0 bridgehead atoms. The number of fused-ring (bicyclic) bond motifs is 6. The maximum absolute atomic E-state index is 2.48. The molecule has 3 aliphatic rings. The number of benzene rings is 2. The Bertz CT molecular complexity index is 627. The zero-order valence-electron chi connectivity index (χ0n) is 14.7. The van der Waals surface area contributed by atoms with Crippen molar-refractivity contribution in [1.82, 2.24) is 0 Å². The summed E-state index contributed by atoms with van der Waals surface area (Å²) in [6.45, 7) is 0. The monoisotopic (exact) mass is 316 g/mol. The Morgan fingerprint density at radius 1 is 0.417 bits per heavy atom. The summed E-state index contributed by atoms with van der Waals surface area (Å²) in [7, 11) is 0. The van der Waals surface area contributed by atoms with Crippen molar-refractivity contribution in [2.45, 2.75) is 75.0 Å². The highest BCUT2D eigenvalue weighted by Gasteiger charge is 2.50. The van der Waals surface area contributed by atoms with Crippen LogP contribution in [0.2, 0.25) is 0 Å². The fourth-order valence-corrected chi connectivity index (χ4v) is 6.31. The van der Waals surface area contributed by atoms with E-state index in [1.165, 1.54) is 64.2 Å². The number of hydrogen-bond donors (Lipinski definition) is 0. The third kappa shape index (κ3) is 1.86. The molecule has 0 nitrogen and oxygen atoms in total. The Labute approximate surface area is 146 Å². The maximum atomic E-state index is 2.48. The molecule has 0 aliphatic heterocycles.